The monoisotopic (exact) mass is 419 g/mol. The second kappa shape index (κ2) is 7.63. The molecule has 6 nitrogen and oxygen atoms in total. The highest BCUT2D eigenvalue weighted by Gasteiger charge is 2.38. The van der Waals surface area contributed by atoms with Gasteiger partial charge in [0.2, 0.25) is 0 Å². The zero-order valence-electron chi connectivity index (χ0n) is 17.0. The van der Waals surface area contributed by atoms with Gasteiger partial charge in [0, 0.05) is 23.7 Å². The Balaban J connectivity index is 2.13. The van der Waals surface area contributed by atoms with Crippen LogP contribution < -0.4 is 0 Å². The van der Waals surface area contributed by atoms with Gasteiger partial charge in [-0.2, -0.15) is 5.10 Å². The van der Waals surface area contributed by atoms with Crippen LogP contribution >= 0.6 is 11.6 Å². The summed E-state index contributed by atoms with van der Waals surface area (Å²) in [6, 6.07) is 3.60. The third-order valence-electron chi connectivity index (χ3n) is 4.73. The first-order chi connectivity index (χ1) is 13.5. The molecule has 1 aliphatic rings. The van der Waals surface area contributed by atoms with Crippen molar-refractivity contribution in [1.82, 2.24) is 15.1 Å². The van der Waals surface area contributed by atoms with Gasteiger partial charge >= 0.3 is 5.97 Å². The minimum atomic E-state index is -0.564. The van der Waals surface area contributed by atoms with Crippen molar-refractivity contribution in [3.63, 3.8) is 0 Å². The third-order valence-corrected chi connectivity index (χ3v) is 5.04. The van der Waals surface area contributed by atoms with Gasteiger partial charge in [-0.3, -0.25) is 9.89 Å². The molecule has 0 radical (unpaired) electrons. The predicted octanol–water partition coefficient (Wildman–Crippen LogP) is 4.24. The Kier molecular flexibility index (Phi) is 5.54. The van der Waals surface area contributed by atoms with Crippen LogP contribution in [0.1, 0.15) is 55.0 Å². The number of amides is 1. The number of carbonyl (C=O) groups excluding carboxylic acids is 2. The molecule has 154 valence electrons. The average Bonchev–Trinajstić information content (AvgIpc) is 2.93. The Hall–Kier alpha value is -2.67. The summed E-state index contributed by atoms with van der Waals surface area (Å²) in [4.78, 5) is 27.4. The van der Waals surface area contributed by atoms with Crippen molar-refractivity contribution in [2.24, 2.45) is 0 Å². The van der Waals surface area contributed by atoms with Crippen molar-refractivity contribution in [2.45, 2.75) is 46.1 Å². The summed E-state index contributed by atoms with van der Waals surface area (Å²) >= 11 is 6.10. The van der Waals surface area contributed by atoms with E-state index in [0.29, 0.717) is 5.69 Å². The SMILES string of the molecule is Cc1n[nH]c2c1C(C)(C)CN(C(=O)c1ccc(F)cc1Cl)C=C2C(=O)OC(C)C. The van der Waals surface area contributed by atoms with Crippen molar-refractivity contribution in [3.8, 4) is 0 Å². The highest BCUT2D eigenvalue weighted by atomic mass is 35.5. The van der Waals surface area contributed by atoms with Crippen LogP contribution in [0, 0.1) is 12.7 Å². The van der Waals surface area contributed by atoms with Gasteiger partial charge in [0.1, 0.15) is 11.4 Å². The number of hydrogen-bond donors (Lipinski definition) is 1. The molecule has 29 heavy (non-hydrogen) atoms. The van der Waals surface area contributed by atoms with Gasteiger partial charge in [-0.1, -0.05) is 25.4 Å². The van der Waals surface area contributed by atoms with Crippen LogP contribution in [0.2, 0.25) is 5.02 Å². The number of nitrogens with one attached hydrogen (secondary N) is 1. The Morgan fingerprint density at radius 3 is 2.66 bits per heavy atom. The van der Waals surface area contributed by atoms with Crippen LogP contribution in [0.5, 0.6) is 0 Å². The summed E-state index contributed by atoms with van der Waals surface area (Å²) in [6.45, 7) is 9.54. The van der Waals surface area contributed by atoms with Gasteiger partial charge in [-0.15, -0.1) is 0 Å². The molecule has 0 unspecified atom stereocenters. The second-order valence-electron chi connectivity index (χ2n) is 8.00. The number of aromatic nitrogens is 2. The zero-order valence-corrected chi connectivity index (χ0v) is 17.7. The smallest absolute Gasteiger partial charge is 0.342 e. The number of ether oxygens (including phenoxy) is 1. The van der Waals surface area contributed by atoms with Crippen LogP contribution in [0.15, 0.2) is 24.4 Å². The van der Waals surface area contributed by atoms with Gasteiger partial charge in [-0.25, -0.2) is 9.18 Å². The Morgan fingerprint density at radius 1 is 1.34 bits per heavy atom. The number of benzene rings is 1. The number of aryl methyl sites for hydroxylation is 1. The number of esters is 1. The first-order valence-electron chi connectivity index (χ1n) is 9.26. The van der Waals surface area contributed by atoms with E-state index in [9.17, 15) is 14.0 Å². The number of rotatable bonds is 3. The maximum atomic E-state index is 13.4. The summed E-state index contributed by atoms with van der Waals surface area (Å²) in [6.07, 6.45) is 1.13. The number of H-pyrrole nitrogens is 1. The summed E-state index contributed by atoms with van der Waals surface area (Å²) in [5, 5.41) is 7.18. The molecule has 1 aromatic heterocycles. The molecule has 0 saturated carbocycles. The topological polar surface area (TPSA) is 75.3 Å². The number of aromatic amines is 1. The van der Waals surface area contributed by atoms with E-state index < -0.39 is 23.1 Å². The van der Waals surface area contributed by atoms with Crippen LogP contribution in [0.4, 0.5) is 4.39 Å². The standard InChI is InChI=1S/C21H23ClFN3O3/c1-11(2)29-20(28)15-9-26(19(27)14-7-6-13(23)8-16(14)22)10-21(4,5)17-12(3)24-25-18(15)17/h6-9,11H,10H2,1-5H3,(H,24,25). The van der Waals surface area contributed by atoms with Crippen LogP contribution in [-0.4, -0.2) is 39.6 Å². The van der Waals surface area contributed by atoms with Crippen molar-refractivity contribution in [3.05, 3.63) is 57.8 Å². The molecule has 1 N–H and O–H groups in total. The molecule has 1 aromatic carbocycles. The minimum absolute atomic E-state index is 0.00753. The Labute approximate surface area is 173 Å². The fourth-order valence-corrected chi connectivity index (χ4v) is 3.85. The molecule has 0 bridgehead atoms. The Morgan fingerprint density at radius 2 is 2.03 bits per heavy atom. The van der Waals surface area contributed by atoms with Gasteiger partial charge in [0.05, 0.1) is 28.1 Å². The first kappa shape index (κ1) is 21.0. The highest BCUT2D eigenvalue weighted by Crippen LogP contribution is 2.37. The molecule has 0 aliphatic carbocycles. The van der Waals surface area contributed by atoms with E-state index in [0.717, 1.165) is 17.3 Å². The summed E-state index contributed by atoms with van der Waals surface area (Å²) in [5.74, 6) is -1.53. The number of halogens is 2. The number of carbonyl (C=O) groups is 2. The van der Waals surface area contributed by atoms with E-state index >= 15 is 0 Å². The van der Waals surface area contributed by atoms with E-state index in [1.54, 1.807) is 13.8 Å². The number of fused-ring (bicyclic) bond motifs is 1. The molecule has 0 saturated heterocycles. The maximum absolute atomic E-state index is 13.4. The lowest BCUT2D eigenvalue weighted by atomic mass is 9.82. The van der Waals surface area contributed by atoms with Crippen molar-refractivity contribution in [1.29, 1.82) is 0 Å². The molecule has 3 rings (SSSR count). The molecule has 0 spiro atoms. The average molecular weight is 420 g/mol. The minimum Gasteiger partial charge on any atom is -0.459 e. The molecule has 0 fully saturated rings. The van der Waals surface area contributed by atoms with Crippen molar-refractivity contribution in [2.75, 3.05) is 6.54 Å². The van der Waals surface area contributed by atoms with E-state index in [1.165, 1.54) is 23.2 Å². The summed E-state index contributed by atoms with van der Waals surface area (Å²) in [5.41, 5.74) is 1.93. The maximum Gasteiger partial charge on any atom is 0.342 e. The van der Waals surface area contributed by atoms with Crippen molar-refractivity contribution < 1.29 is 18.7 Å². The van der Waals surface area contributed by atoms with E-state index in [1.807, 2.05) is 20.8 Å². The Bertz CT molecular complexity index is 1010. The van der Waals surface area contributed by atoms with Gasteiger partial charge in [0.25, 0.3) is 5.91 Å². The van der Waals surface area contributed by atoms with Crippen LogP contribution in [0.25, 0.3) is 5.57 Å². The zero-order chi connectivity index (χ0) is 21.5. The van der Waals surface area contributed by atoms with Crippen molar-refractivity contribution >= 4 is 29.1 Å². The lowest BCUT2D eigenvalue weighted by molar-refractivity contribution is -0.140. The molecule has 1 amide bonds. The lowest BCUT2D eigenvalue weighted by Crippen LogP contribution is -2.37. The van der Waals surface area contributed by atoms with Crippen LogP contribution in [-0.2, 0) is 14.9 Å². The van der Waals surface area contributed by atoms with Gasteiger partial charge in [0.15, 0.2) is 0 Å². The summed E-state index contributed by atoms with van der Waals surface area (Å²) < 4.78 is 18.8. The molecule has 0 atom stereocenters. The highest BCUT2D eigenvalue weighted by molar-refractivity contribution is 6.34. The first-order valence-corrected chi connectivity index (χ1v) is 9.63. The summed E-state index contributed by atoms with van der Waals surface area (Å²) in [7, 11) is 0. The fourth-order valence-electron chi connectivity index (χ4n) is 3.61. The van der Waals surface area contributed by atoms with Crippen LogP contribution in [0.3, 0.4) is 0 Å². The van der Waals surface area contributed by atoms with E-state index in [4.69, 9.17) is 16.3 Å². The van der Waals surface area contributed by atoms with Gasteiger partial charge in [-0.05, 0) is 39.0 Å². The molecule has 2 heterocycles. The quantitative estimate of drug-likeness (QED) is 0.755. The molecular weight excluding hydrogens is 397 g/mol. The van der Waals surface area contributed by atoms with Gasteiger partial charge < -0.3 is 9.64 Å². The molecular formula is C21H23ClFN3O3. The largest absolute Gasteiger partial charge is 0.459 e. The number of hydrogen-bond acceptors (Lipinski definition) is 4. The fraction of sp³-hybridized carbons (Fsp3) is 0.381. The van der Waals surface area contributed by atoms with E-state index in [2.05, 4.69) is 10.2 Å². The predicted molar refractivity (Wildman–Crippen MR) is 108 cm³/mol. The van der Waals surface area contributed by atoms with E-state index in [-0.39, 0.29) is 28.8 Å². The molecule has 1 aliphatic heterocycles. The number of nitrogens with zero attached hydrogens (tertiary/aromatic N) is 2. The molecule has 8 heteroatoms. The normalized spacial score (nSPS) is 15.6. The molecule has 2 aromatic rings. The third kappa shape index (κ3) is 4.05. The second-order valence-corrected chi connectivity index (χ2v) is 8.40. The lowest BCUT2D eigenvalue weighted by Gasteiger charge is -2.29.